The zero-order chi connectivity index (χ0) is 13.6. The van der Waals surface area contributed by atoms with Gasteiger partial charge in [0.15, 0.2) is 0 Å². The Balaban J connectivity index is 2.64. The lowest BCUT2D eigenvalue weighted by atomic mass is 9.81. The van der Waals surface area contributed by atoms with Gasteiger partial charge in [-0.2, -0.15) is 0 Å². The zero-order valence-electron chi connectivity index (χ0n) is 12.2. The Bertz CT molecular complexity index is 253. The first-order chi connectivity index (χ1) is 8.55. The molecule has 0 saturated heterocycles. The van der Waals surface area contributed by atoms with Gasteiger partial charge in [-0.05, 0) is 32.7 Å². The summed E-state index contributed by atoms with van der Waals surface area (Å²) < 4.78 is 0. The maximum atomic E-state index is 11.5. The van der Waals surface area contributed by atoms with E-state index < -0.39 is 11.4 Å². The van der Waals surface area contributed by atoms with Crippen molar-refractivity contribution >= 4 is 5.97 Å². The van der Waals surface area contributed by atoms with Crippen LogP contribution in [-0.4, -0.2) is 35.6 Å². The summed E-state index contributed by atoms with van der Waals surface area (Å²) in [6.07, 6.45) is 9.19. The molecular weight excluding hydrogens is 226 g/mol. The highest BCUT2D eigenvalue weighted by Gasteiger charge is 2.37. The first-order valence-electron chi connectivity index (χ1n) is 7.49. The van der Waals surface area contributed by atoms with Crippen molar-refractivity contribution in [3.05, 3.63) is 0 Å². The third-order valence-electron chi connectivity index (χ3n) is 4.81. The van der Waals surface area contributed by atoms with Gasteiger partial charge in [-0.1, -0.05) is 39.5 Å². The third-order valence-corrected chi connectivity index (χ3v) is 4.81. The highest BCUT2D eigenvalue weighted by atomic mass is 16.4. The summed E-state index contributed by atoms with van der Waals surface area (Å²) in [5.74, 6) is -0.632. The van der Waals surface area contributed by atoms with Gasteiger partial charge < -0.3 is 10.0 Å². The Morgan fingerprint density at radius 3 is 2.06 bits per heavy atom. The van der Waals surface area contributed by atoms with E-state index in [0.29, 0.717) is 12.6 Å². The molecule has 0 bridgehead atoms. The second-order valence-corrected chi connectivity index (χ2v) is 5.85. The molecule has 18 heavy (non-hydrogen) atoms. The molecule has 0 aromatic rings. The van der Waals surface area contributed by atoms with Gasteiger partial charge in [0, 0.05) is 12.6 Å². The normalized spacial score (nSPS) is 18.9. The SMILES string of the molecule is CCC(CC)(CN(C)C1CCCCCC1)C(=O)O. The van der Waals surface area contributed by atoms with Gasteiger partial charge in [0.2, 0.25) is 0 Å². The van der Waals surface area contributed by atoms with E-state index in [2.05, 4.69) is 11.9 Å². The van der Waals surface area contributed by atoms with Crippen LogP contribution in [0.3, 0.4) is 0 Å². The minimum Gasteiger partial charge on any atom is -0.481 e. The van der Waals surface area contributed by atoms with E-state index in [1.54, 1.807) is 0 Å². The van der Waals surface area contributed by atoms with Crippen LogP contribution in [0, 0.1) is 5.41 Å². The van der Waals surface area contributed by atoms with E-state index in [1.807, 2.05) is 13.8 Å². The van der Waals surface area contributed by atoms with Crippen LogP contribution < -0.4 is 0 Å². The smallest absolute Gasteiger partial charge is 0.310 e. The van der Waals surface area contributed by atoms with E-state index in [4.69, 9.17) is 0 Å². The van der Waals surface area contributed by atoms with Crippen LogP contribution in [0.5, 0.6) is 0 Å². The highest BCUT2D eigenvalue weighted by Crippen LogP contribution is 2.30. The molecule has 0 heterocycles. The van der Waals surface area contributed by atoms with Crippen molar-refractivity contribution in [1.82, 2.24) is 4.90 Å². The number of rotatable bonds is 6. The van der Waals surface area contributed by atoms with Crippen LogP contribution >= 0.6 is 0 Å². The average molecular weight is 255 g/mol. The Kier molecular flexibility index (Phi) is 6.13. The van der Waals surface area contributed by atoms with Crippen molar-refractivity contribution < 1.29 is 9.90 Å². The summed E-state index contributed by atoms with van der Waals surface area (Å²) in [6, 6.07) is 0.587. The minimum atomic E-state index is -0.632. The van der Waals surface area contributed by atoms with Gasteiger partial charge in [-0.3, -0.25) is 4.79 Å². The molecule has 0 radical (unpaired) electrons. The van der Waals surface area contributed by atoms with Crippen LogP contribution in [0.2, 0.25) is 0 Å². The van der Waals surface area contributed by atoms with Crippen LogP contribution in [-0.2, 0) is 4.79 Å². The Hall–Kier alpha value is -0.570. The van der Waals surface area contributed by atoms with Crippen LogP contribution in [0.25, 0.3) is 0 Å². The molecule has 1 aliphatic rings. The number of aliphatic carboxylic acids is 1. The third kappa shape index (κ3) is 3.71. The lowest BCUT2D eigenvalue weighted by molar-refractivity contribution is -0.151. The first kappa shape index (κ1) is 15.5. The van der Waals surface area contributed by atoms with E-state index in [-0.39, 0.29) is 0 Å². The lowest BCUT2D eigenvalue weighted by Crippen LogP contribution is -2.44. The van der Waals surface area contributed by atoms with Crippen LogP contribution in [0.4, 0.5) is 0 Å². The molecule has 1 fully saturated rings. The Morgan fingerprint density at radius 1 is 1.17 bits per heavy atom. The summed E-state index contributed by atoms with van der Waals surface area (Å²) in [5, 5.41) is 9.50. The van der Waals surface area contributed by atoms with Gasteiger partial charge in [0.1, 0.15) is 0 Å². The molecule has 0 spiro atoms. The summed E-state index contributed by atoms with van der Waals surface area (Å²) in [5.41, 5.74) is -0.555. The van der Waals surface area contributed by atoms with Crippen molar-refractivity contribution in [1.29, 1.82) is 0 Å². The van der Waals surface area contributed by atoms with Crippen LogP contribution in [0.1, 0.15) is 65.2 Å². The first-order valence-corrected chi connectivity index (χ1v) is 7.49. The molecule has 1 aliphatic carbocycles. The molecule has 1 saturated carbocycles. The Morgan fingerprint density at radius 2 is 1.67 bits per heavy atom. The summed E-state index contributed by atoms with van der Waals surface area (Å²) in [7, 11) is 2.11. The van der Waals surface area contributed by atoms with Gasteiger partial charge >= 0.3 is 5.97 Å². The fraction of sp³-hybridized carbons (Fsp3) is 0.933. The molecule has 3 heteroatoms. The van der Waals surface area contributed by atoms with Crippen molar-refractivity contribution in [2.24, 2.45) is 5.41 Å². The lowest BCUT2D eigenvalue weighted by Gasteiger charge is -2.36. The molecule has 0 unspecified atom stereocenters. The number of hydrogen-bond donors (Lipinski definition) is 1. The molecule has 1 N–H and O–H groups in total. The molecule has 0 aliphatic heterocycles. The number of hydrogen-bond acceptors (Lipinski definition) is 2. The minimum absolute atomic E-state index is 0.555. The monoisotopic (exact) mass is 255 g/mol. The number of carbonyl (C=O) groups is 1. The van der Waals surface area contributed by atoms with Crippen molar-refractivity contribution in [2.75, 3.05) is 13.6 Å². The maximum Gasteiger partial charge on any atom is 0.310 e. The fourth-order valence-corrected chi connectivity index (χ4v) is 3.15. The van der Waals surface area contributed by atoms with Crippen molar-refractivity contribution in [2.45, 2.75) is 71.3 Å². The van der Waals surface area contributed by atoms with Gasteiger partial charge in [-0.25, -0.2) is 0 Å². The summed E-state index contributed by atoms with van der Waals surface area (Å²) in [4.78, 5) is 13.9. The molecule has 0 amide bonds. The molecule has 0 aromatic heterocycles. The predicted molar refractivity (Wildman–Crippen MR) is 74.8 cm³/mol. The van der Waals surface area contributed by atoms with E-state index in [9.17, 15) is 9.90 Å². The van der Waals surface area contributed by atoms with Gasteiger partial charge in [0.05, 0.1) is 5.41 Å². The fourth-order valence-electron chi connectivity index (χ4n) is 3.15. The van der Waals surface area contributed by atoms with Crippen molar-refractivity contribution in [3.8, 4) is 0 Å². The molecule has 0 aromatic carbocycles. The molecule has 0 atom stereocenters. The van der Waals surface area contributed by atoms with E-state index in [0.717, 1.165) is 12.8 Å². The van der Waals surface area contributed by atoms with E-state index >= 15 is 0 Å². The Labute approximate surface area is 112 Å². The maximum absolute atomic E-state index is 11.5. The zero-order valence-corrected chi connectivity index (χ0v) is 12.2. The average Bonchev–Trinajstić information content (AvgIpc) is 2.64. The van der Waals surface area contributed by atoms with Gasteiger partial charge in [0.25, 0.3) is 0 Å². The molecule has 1 rings (SSSR count). The second-order valence-electron chi connectivity index (χ2n) is 5.85. The quantitative estimate of drug-likeness (QED) is 0.738. The molecular formula is C15H29NO2. The molecule has 106 valence electrons. The van der Waals surface area contributed by atoms with E-state index in [1.165, 1.54) is 38.5 Å². The number of carboxylic acid groups (broad SMARTS) is 1. The largest absolute Gasteiger partial charge is 0.481 e. The van der Waals surface area contributed by atoms with Crippen molar-refractivity contribution in [3.63, 3.8) is 0 Å². The highest BCUT2D eigenvalue weighted by molar-refractivity contribution is 5.74. The standard InChI is InChI=1S/C15H29NO2/c1-4-15(5-2,14(17)18)12-16(3)13-10-8-6-7-9-11-13/h13H,4-12H2,1-3H3,(H,17,18). The van der Waals surface area contributed by atoms with Crippen LogP contribution in [0.15, 0.2) is 0 Å². The number of nitrogens with zero attached hydrogens (tertiary/aromatic N) is 1. The second kappa shape index (κ2) is 7.13. The summed E-state index contributed by atoms with van der Waals surface area (Å²) >= 11 is 0. The number of carboxylic acids is 1. The molecule has 3 nitrogen and oxygen atoms in total. The predicted octanol–water partition coefficient (Wildman–Crippen LogP) is 3.53. The summed E-state index contributed by atoms with van der Waals surface area (Å²) in [6.45, 7) is 4.69. The topological polar surface area (TPSA) is 40.5 Å². The van der Waals surface area contributed by atoms with Gasteiger partial charge in [-0.15, -0.1) is 0 Å².